The summed E-state index contributed by atoms with van der Waals surface area (Å²) in [6.07, 6.45) is 0. The van der Waals surface area contributed by atoms with Crippen LogP contribution in [0, 0.1) is 20.8 Å². The number of alkyl halides is 3. The van der Waals surface area contributed by atoms with Gasteiger partial charge in [0.1, 0.15) is 11.3 Å². The summed E-state index contributed by atoms with van der Waals surface area (Å²) in [6, 6.07) is 1.19. The number of hydrogen-bond donors (Lipinski definition) is 1. The Kier molecular flexibility index (Phi) is 3.96. The quantitative estimate of drug-likeness (QED) is 0.855. The maximum absolute atomic E-state index is 12.6. The first-order chi connectivity index (χ1) is 10.4. The van der Waals surface area contributed by atoms with Crippen LogP contribution in [0.1, 0.15) is 34.2 Å². The number of Topliss-reactive ketones (excluding diaryl/α,β-unsaturated/α-hetero) is 1. The second kappa shape index (κ2) is 5.26. The molecule has 1 aromatic heterocycles. The molecule has 0 spiro atoms. The lowest BCUT2D eigenvalue weighted by molar-refractivity contribution is -0.0429. The Morgan fingerprint density at radius 2 is 1.74 bits per heavy atom. The number of sulfonamides is 1. The van der Waals surface area contributed by atoms with Crippen LogP contribution in [0.5, 0.6) is 0 Å². The molecule has 23 heavy (non-hydrogen) atoms. The average molecular weight is 349 g/mol. The summed E-state index contributed by atoms with van der Waals surface area (Å²) in [4.78, 5) is 11.7. The van der Waals surface area contributed by atoms with Crippen LogP contribution in [0.2, 0.25) is 0 Å². The third kappa shape index (κ3) is 2.80. The summed E-state index contributed by atoms with van der Waals surface area (Å²) in [5.74, 6) is -0.0000369. The molecule has 126 valence electrons. The first-order valence-electron chi connectivity index (χ1n) is 6.50. The molecular weight excluding hydrogens is 335 g/mol. The van der Waals surface area contributed by atoms with Crippen molar-refractivity contribution < 1.29 is 30.8 Å². The lowest BCUT2D eigenvalue weighted by Crippen LogP contribution is -2.30. The Bertz CT molecular complexity index is 910. The molecule has 1 N–H and O–H groups in total. The smallest absolute Gasteiger partial charge is 0.460 e. The number of fused-ring (bicyclic) bond motifs is 1. The van der Waals surface area contributed by atoms with Crippen molar-refractivity contribution in [2.24, 2.45) is 0 Å². The molecule has 2 aromatic rings. The van der Waals surface area contributed by atoms with Crippen LogP contribution in [0.4, 0.5) is 18.9 Å². The van der Waals surface area contributed by atoms with Crippen LogP contribution in [0.25, 0.3) is 11.0 Å². The Hall–Kier alpha value is -2.03. The second-order valence-electron chi connectivity index (χ2n) is 5.19. The van der Waals surface area contributed by atoms with Gasteiger partial charge in [0.05, 0.1) is 11.3 Å². The molecule has 5 nitrogen and oxygen atoms in total. The lowest BCUT2D eigenvalue weighted by Gasteiger charge is -2.14. The highest BCUT2D eigenvalue weighted by molar-refractivity contribution is 7.93. The van der Waals surface area contributed by atoms with Crippen LogP contribution < -0.4 is 4.72 Å². The number of ketones is 1. The normalized spacial score (nSPS) is 12.7. The number of nitrogens with one attached hydrogen (secondary N) is 1. The number of furan rings is 1. The van der Waals surface area contributed by atoms with E-state index in [2.05, 4.69) is 0 Å². The minimum absolute atomic E-state index is 0.218. The molecule has 0 radical (unpaired) electrons. The number of carbonyl (C=O) groups excluding carboxylic acids is 1. The number of anilines is 1. The van der Waals surface area contributed by atoms with Gasteiger partial charge in [-0.1, -0.05) is 0 Å². The molecule has 0 saturated heterocycles. The largest absolute Gasteiger partial charge is 0.516 e. The highest BCUT2D eigenvalue weighted by Gasteiger charge is 2.46. The summed E-state index contributed by atoms with van der Waals surface area (Å²) in [5, 5.41) is 0.276. The number of benzene rings is 1. The number of halogens is 3. The van der Waals surface area contributed by atoms with E-state index in [0.717, 1.165) is 0 Å². The fourth-order valence-corrected chi connectivity index (χ4v) is 2.97. The van der Waals surface area contributed by atoms with Gasteiger partial charge in [-0.05, 0) is 44.9 Å². The molecule has 0 aliphatic heterocycles. The van der Waals surface area contributed by atoms with E-state index in [4.69, 9.17) is 4.42 Å². The van der Waals surface area contributed by atoms with E-state index in [1.165, 1.54) is 24.6 Å². The molecule has 0 aliphatic rings. The number of carbonyl (C=O) groups is 1. The highest BCUT2D eigenvalue weighted by Crippen LogP contribution is 2.36. The molecule has 0 saturated carbocycles. The minimum atomic E-state index is -5.55. The number of rotatable bonds is 3. The zero-order valence-electron chi connectivity index (χ0n) is 12.8. The zero-order valence-corrected chi connectivity index (χ0v) is 13.6. The van der Waals surface area contributed by atoms with Gasteiger partial charge in [-0.3, -0.25) is 9.52 Å². The maximum atomic E-state index is 12.6. The summed E-state index contributed by atoms with van der Waals surface area (Å²) >= 11 is 0. The van der Waals surface area contributed by atoms with Crippen LogP contribution in [0.15, 0.2) is 10.5 Å². The predicted molar refractivity (Wildman–Crippen MR) is 79.0 cm³/mol. The fraction of sp³-hybridized carbons (Fsp3) is 0.357. The molecule has 0 fully saturated rings. The van der Waals surface area contributed by atoms with Gasteiger partial charge in [-0.2, -0.15) is 21.6 Å². The van der Waals surface area contributed by atoms with E-state index in [1.807, 2.05) is 0 Å². The van der Waals surface area contributed by atoms with E-state index in [0.29, 0.717) is 16.9 Å². The molecular formula is C14H14F3NO4S. The van der Waals surface area contributed by atoms with Gasteiger partial charge in [-0.25, -0.2) is 0 Å². The molecule has 1 aromatic carbocycles. The summed E-state index contributed by atoms with van der Waals surface area (Å²) in [6.45, 7) is 5.90. The van der Waals surface area contributed by atoms with E-state index in [-0.39, 0.29) is 28.0 Å². The van der Waals surface area contributed by atoms with Crippen LogP contribution in [0.3, 0.4) is 0 Å². The van der Waals surface area contributed by atoms with Gasteiger partial charge < -0.3 is 4.42 Å². The van der Waals surface area contributed by atoms with Crippen molar-refractivity contribution in [1.29, 1.82) is 0 Å². The van der Waals surface area contributed by atoms with Crippen LogP contribution >= 0.6 is 0 Å². The zero-order chi connectivity index (χ0) is 17.7. The van der Waals surface area contributed by atoms with Gasteiger partial charge in [0.25, 0.3) is 0 Å². The van der Waals surface area contributed by atoms with Crippen molar-refractivity contribution >= 4 is 32.5 Å². The standard InChI is InChI=1S/C14H14F3NO4S/c1-6-7(2)13-10(12(8(3)19)9(4)22-13)5-11(6)18-23(20,21)14(15,16)17/h5,18H,1-4H3. The van der Waals surface area contributed by atoms with Gasteiger partial charge in [-0.15, -0.1) is 0 Å². The van der Waals surface area contributed by atoms with E-state index in [9.17, 15) is 26.4 Å². The summed E-state index contributed by atoms with van der Waals surface area (Å²) < 4.78 is 67.3. The third-order valence-electron chi connectivity index (χ3n) is 3.62. The topological polar surface area (TPSA) is 76.4 Å². The van der Waals surface area contributed by atoms with Crippen molar-refractivity contribution in [1.82, 2.24) is 0 Å². The van der Waals surface area contributed by atoms with Crippen molar-refractivity contribution in [3.8, 4) is 0 Å². The van der Waals surface area contributed by atoms with Crippen LogP contribution in [-0.4, -0.2) is 19.7 Å². The Morgan fingerprint density at radius 3 is 2.22 bits per heavy atom. The molecule has 2 rings (SSSR count). The molecule has 0 amide bonds. The summed E-state index contributed by atoms with van der Waals surface area (Å²) in [5.41, 5.74) is -4.36. The van der Waals surface area contributed by atoms with E-state index in [1.54, 1.807) is 13.8 Å². The van der Waals surface area contributed by atoms with Gasteiger partial charge in [0, 0.05) is 5.39 Å². The molecule has 9 heteroatoms. The van der Waals surface area contributed by atoms with E-state index >= 15 is 0 Å². The predicted octanol–water partition coefficient (Wildman–Crippen LogP) is 3.82. The Labute approximate surface area is 130 Å². The van der Waals surface area contributed by atoms with Gasteiger partial charge >= 0.3 is 15.5 Å². The first-order valence-corrected chi connectivity index (χ1v) is 7.98. The average Bonchev–Trinajstić information content (AvgIpc) is 2.70. The SMILES string of the molecule is CC(=O)c1c(C)oc2c(C)c(C)c(NS(=O)(=O)C(F)(F)F)cc12. The van der Waals surface area contributed by atoms with E-state index < -0.39 is 15.5 Å². The molecule has 0 atom stereocenters. The number of hydrogen-bond acceptors (Lipinski definition) is 4. The van der Waals surface area contributed by atoms with Crippen molar-refractivity contribution in [3.63, 3.8) is 0 Å². The Morgan fingerprint density at radius 1 is 1.17 bits per heavy atom. The maximum Gasteiger partial charge on any atom is 0.516 e. The van der Waals surface area contributed by atoms with Crippen molar-refractivity contribution in [2.75, 3.05) is 4.72 Å². The first kappa shape index (κ1) is 17.3. The highest BCUT2D eigenvalue weighted by atomic mass is 32.2. The molecule has 0 aliphatic carbocycles. The summed E-state index contributed by atoms with van der Waals surface area (Å²) in [7, 11) is -5.55. The second-order valence-corrected chi connectivity index (χ2v) is 6.87. The molecule has 0 bridgehead atoms. The van der Waals surface area contributed by atoms with Crippen molar-refractivity contribution in [2.45, 2.75) is 33.2 Å². The van der Waals surface area contributed by atoms with Gasteiger partial charge in [0.15, 0.2) is 5.78 Å². The fourth-order valence-electron chi connectivity index (χ4n) is 2.35. The third-order valence-corrected chi connectivity index (χ3v) is 4.72. The van der Waals surface area contributed by atoms with Crippen LogP contribution in [-0.2, 0) is 10.0 Å². The van der Waals surface area contributed by atoms with Gasteiger partial charge in [0.2, 0.25) is 0 Å². The minimum Gasteiger partial charge on any atom is -0.460 e. The number of aryl methyl sites for hydroxylation is 2. The molecule has 1 heterocycles. The Balaban J connectivity index is 2.74. The molecule has 0 unspecified atom stereocenters. The monoisotopic (exact) mass is 349 g/mol. The van der Waals surface area contributed by atoms with Crippen molar-refractivity contribution in [3.05, 3.63) is 28.5 Å². The lowest BCUT2D eigenvalue weighted by atomic mass is 10.0.